The Morgan fingerprint density at radius 1 is 1.19 bits per heavy atom. The Labute approximate surface area is 176 Å². The highest BCUT2D eigenvalue weighted by Crippen LogP contribution is 2.15. The number of benzene rings is 1. The lowest BCUT2D eigenvalue weighted by Gasteiger charge is -2.21. The van der Waals surface area contributed by atoms with Crippen LogP contribution in [-0.2, 0) is 0 Å². The third kappa shape index (κ3) is 8.22. The molecule has 0 aliphatic carbocycles. The number of nitrogens with zero attached hydrogens (tertiary/aromatic N) is 3. The van der Waals surface area contributed by atoms with E-state index in [-0.39, 0.29) is 24.0 Å². The van der Waals surface area contributed by atoms with Crippen LogP contribution in [0.2, 0.25) is 0 Å². The van der Waals surface area contributed by atoms with E-state index in [1.54, 1.807) is 0 Å². The predicted octanol–water partition coefficient (Wildman–Crippen LogP) is 2.52. The molecule has 1 aromatic carbocycles. The first-order valence-electron chi connectivity index (χ1n) is 9.50. The number of guanidine groups is 1. The van der Waals surface area contributed by atoms with Gasteiger partial charge in [-0.1, -0.05) is 36.8 Å². The van der Waals surface area contributed by atoms with Crippen LogP contribution in [0.15, 0.2) is 29.3 Å². The number of rotatable bonds is 6. The standard InChI is InChI=1S/C20H35N5.HI/c1-17-7-5-8-19(15-17)18(2)16-23-20(21-3)22-9-12-25-11-6-10-24(4)13-14-25;/h5,7-8,15,18H,6,9-14,16H2,1-4H3,(H2,21,22,23);1H. The average molecular weight is 473 g/mol. The molecule has 0 spiro atoms. The molecule has 0 saturated carbocycles. The van der Waals surface area contributed by atoms with Crippen molar-refractivity contribution < 1.29 is 0 Å². The summed E-state index contributed by atoms with van der Waals surface area (Å²) in [6.45, 7) is 12.0. The van der Waals surface area contributed by atoms with Crippen LogP contribution in [0.1, 0.15) is 30.4 Å². The zero-order valence-corrected chi connectivity index (χ0v) is 19.1. The van der Waals surface area contributed by atoms with Gasteiger partial charge < -0.3 is 20.4 Å². The summed E-state index contributed by atoms with van der Waals surface area (Å²) in [5.74, 6) is 1.35. The number of likely N-dealkylation sites (N-methyl/N-ethyl adjacent to an activating group) is 1. The Balaban J connectivity index is 0.00000338. The quantitative estimate of drug-likeness (QED) is 0.379. The minimum Gasteiger partial charge on any atom is -0.356 e. The van der Waals surface area contributed by atoms with Crippen LogP contribution in [0.3, 0.4) is 0 Å². The average Bonchev–Trinajstić information content (AvgIpc) is 2.82. The number of nitrogens with one attached hydrogen (secondary N) is 2. The Morgan fingerprint density at radius 3 is 2.73 bits per heavy atom. The van der Waals surface area contributed by atoms with E-state index in [2.05, 4.69) is 70.6 Å². The van der Waals surface area contributed by atoms with Crippen molar-refractivity contribution in [3.05, 3.63) is 35.4 Å². The van der Waals surface area contributed by atoms with Crippen LogP contribution in [-0.4, -0.2) is 75.7 Å². The van der Waals surface area contributed by atoms with E-state index >= 15 is 0 Å². The summed E-state index contributed by atoms with van der Waals surface area (Å²) in [7, 11) is 4.05. The van der Waals surface area contributed by atoms with E-state index in [9.17, 15) is 0 Å². The molecular formula is C20H36IN5. The fraction of sp³-hybridized carbons (Fsp3) is 0.650. The van der Waals surface area contributed by atoms with E-state index in [4.69, 9.17) is 0 Å². The van der Waals surface area contributed by atoms with Crippen LogP contribution in [0.5, 0.6) is 0 Å². The molecule has 0 aromatic heterocycles. The van der Waals surface area contributed by atoms with E-state index in [0.717, 1.165) is 32.1 Å². The van der Waals surface area contributed by atoms with Crippen molar-refractivity contribution in [1.29, 1.82) is 0 Å². The van der Waals surface area contributed by atoms with Gasteiger partial charge in [0.25, 0.3) is 0 Å². The minimum absolute atomic E-state index is 0. The highest BCUT2D eigenvalue weighted by molar-refractivity contribution is 14.0. The molecule has 1 atom stereocenters. The lowest BCUT2D eigenvalue weighted by atomic mass is 9.99. The van der Waals surface area contributed by atoms with Crippen molar-refractivity contribution in [3.8, 4) is 0 Å². The molecule has 1 aliphatic rings. The molecule has 0 bridgehead atoms. The largest absolute Gasteiger partial charge is 0.356 e. The van der Waals surface area contributed by atoms with E-state index < -0.39 is 0 Å². The lowest BCUT2D eigenvalue weighted by Crippen LogP contribution is -2.43. The number of aryl methyl sites for hydroxylation is 1. The van der Waals surface area contributed by atoms with Crippen LogP contribution in [0.4, 0.5) is 0 Å². The molecule has 1 saturated heterocycles. The van der Waals surface area contributed by atoms with Gasteiger partial charge in [0.1, 0.15) is 0 Å². The molecule has 6 heteroatoms. The SMILES string of the molecule is CN=C(NCCN1CCCN(C)CC1)NCC(C)c1cccc(C)c1.I. The van der Waals surface area contributed by atoms with E-state index in [1.165, 1.54) is 37.2 Å². The summed E-state index contributed by atoms with van der Waals surface area (Å²) in [6, 6.07) is 8.74. The van der Waals surface area contributed by atoms with E-state index in [1.807, 2.05) is 7.05 Å². The minimum atomic E-state index is 0. The van der Waals surface area contributed by atoms with E-state index in [0.29, 0.717) is 5.92 Å². The second-order valence-corrected chi connectivity index (χ2v) is 7.19. The van der Waals surface area contributed by atoms with Crippen molar-refractivity contribution in [2.45, 2.75) is 26.2 Å². The smallest absolute Gasteiger partial charge is 0.191 e. The first-order chi connectivity index (χ1) is 12.1. The summed E-state index contributed by atoms with van der Waals surface area (Å²) in [4.78, 5) is 9.31. The highest BCUT2D eigenvalue weighted by Gasteiger charge is 2.12. The van der Waals surface area contributed by atoms with Gasteiger partial charge in [-0.25, -0.2) is 0 Å². The van der Waals surface area contributed by atoms with Gasteiger partial charge >= 0.3 is 0 Å². The lowest BCUT2D eigenvalue weighted by molar-refractivity contribution is 0.280. The van der Waals surface area contributed by atoms with Gasteiger partial charge in [0.15, 0.2) is 5.96 Å². The molecule has 1 fully saturated rings. The third-order valence-corrected chi connectivity index (χ3v) is 4.94. The number of aliphatic imine (C=N–C) groups is 1. The first-order valence-corrected chi connectivity index (χ1v) is 9.50. The molecule has 2 N–H and O–H groups in total. The van der Waals surface area contributed by atoms with Crippen molar-refractivity contribution in [3.63, 3.8) is 0 Å². The molecule has 1 aliphatic heterocycles. The molecule has 0 radical (unpaired) electrons. The zero-order chi connectivity index (χ0) is 18.1. The molecule has 26 heavy (non-hydrogen) atoms. The number of halogens is 1. The maximum atomic E-state index is 4.35. The monoisotopic (exact) mass is 473 g/mol. The van der Waals surface area contributed by atoms with Crippen molar-refractivity contribution in [2.75, 3.05) is 59.9 Å². The van der Waals surface area contributed by atoms with Crippen LogP contribution in [0.25, 0.3) is 0 Å². The molecular weight excluding hydrogens is 437 g/mol. The first kappa shape index (κ1) is 23.2. The fourth-order valence-electron chi connectivity index (χ4n) is 3.22. The van der Waals surface area contributed by atoms with Gasteiger partial charge in [-0.05, 0) is 45.0 Å². The third-order valence-electron chi connectivity index (χ3n) is 4.94. The Kier molecular flexibility index (Phi) is 11.2. The molecule has 5 nitrogen and oxygen atoms in total. The second-order valence-electron chi connectivity index (χ2n) is 7.19. The van der Waals surface area contributed by atoms with Gasteiger partial charge in [0, 0.05) is 39.8 Å². The second kappa shape index (κ2) is 12.5. The summed E-state index contributed by atoms with van der Waals surface area (Å²) in [5, 5.41) is 6.91. The van der Waals surface area contributed by atoms with Gasteiger partial charge in [-0.3, -0.25) is 4.99 Å². The Hall–Kier alpha value is -0.860. The molecule has 1 aromatic rings. The number of hydrogen-bond donors (Lipinski definition) is 2. The van der Waals surface area contributed by atoms with Crippen LogP contribution >= 0.6 is 24.0 Å². The summed E-state index contributed by atoms with van der Waals surface area (Å²) >= 11 is 0. The van der Waals surface area contributed by atoms with Gasteiger partial charge in [0.2, 0.25) is 0 Å². The van der Waals surface area contributed by atoms with Crippen LogP contribution in [0, 0.1) is 6.92 Å². The fourth-order valence-corrected chi connectivity index (χ4v) is 3.22. The highest BCUT2D eigenvalue weighted by atomic mass is 127. The van der Waals surface area contributed by atoms with Crippen molar-refractivity contribution in [1.82, 2.24) is 20.4 Å². The maximum Gasteiger partial charge on any atom is 0.191 e. The summed E-state index contributed by atoms with van der Waals surface area (Å²) in [5.41, 5.74) is 2.69. The normalized spacial score (nSPS) is 17.9. The molecule has 148 valence electrons. The molecule has 1 unspecified atom stereocenters. The summed E-state index contributed by atoms with van der Waals surface area (Å²) in [6.07, 6.45) is 1.26. The van der Waals surface area contributed by atoms with Gasteiger partial charge in [0.05, 0.1) is 0 Å². The molecule has 2 rings (SSSR count). The van der Waals surface area contributed by atoms with Crippen molar-refractivity contribution in [2.24, 2.45) is 4.99 Å². The Bertz CT molecular complexity index is 549. The predicted molar refractivity (Wildman–Crippen MR) is 123 cm³/mol. The topological polar surface area (TPSA) is 42.9 Å². The number of hydrogen-bond acceptors (Lipinski definition) is 3. The molecule has 0 amide bonds. The van der Waals surface area contributed by atoms with Gasteiger partial charge in [-0.2, -0.15) is 0 Å². The maximum absolute atomic E-state index is 4.35. The summed E-state index contributed by atoms with van der Waals surface area (Å²) < 4.78 is 0. The van der Waals surface area contributed by atoms with Gasteiger partial charge in [-0.15, -0.1) is 24.0 Å². The van der Waals surface area contributed by atoms with Crippen LogP contribution < -0.4 is 10.6 Å². The zero-order valence-electron chi connectivity index (χ0n) is 16.8. The van der Waals surface area contributed by atoms with Crippen molar-refractivity contribution >= 4 is 29.9 Å². The Morgan fingerprint density at radius 2 is 2.00 bits per heavy atom. The molecule has 1 heterocycles.